The lowest BCUT2D eigenvalue weighted by Crippen LogP contribution is -2.53. The molecule has 5 nitrogen and oxygen atoms in total. The second-order valence-corrected chi connectivity index (χ2v) is 7.77. The molecule has 0 aliphatic carbocycles. The van der Waals surface area contributed by atoms with Gasteiger partial charge in [-0.2, -0.15) is 0 Å². The summed E-state index contributed by atoms with van der Waals surface area (Å²) >= 11 is 1.52. The van der Waals surface area contributed by atoms with Crippen molar-refractivity contribution in [1.82, 2.24) is 14.8 Å². The number of hydrogen-bond acceptors (Lipinski definition) is 5. The van der Waals surface area contributed by atoms with E-state index >= 15 is 0 Å². The standard InChI is InChI=1S/C19H23N3O2S/c1-24-17-6-8-22(19(23)18-5-3-9-25-18)16-13-21(12-15(16)17)11-14-4-2-7-20-10-14/h2-5,7,9-10,15-17H,6,8,11-13H2,1H3/t15-,16+,17-/m0/s1. The number of amides is 1. The molecule has 0 spiro atoms. The second kappa shape index (κ2) is 7.23. The normalized spacial score (nSPS) is 26.6. The average molecular weight is 357 g/mol. The molecule has 0 bridgehead atoms. The summed E-state index contributed by atoms with van der Waals surface area (Å²) in [6.07, 6.45) is 4.87. The van der Waals surface area contributed by atoms with Gasteiger partial charge in [0.2, 0.25) is 0 Å². The van der Waals surface area contributed by atoms with Crippen LogP contribution < -0.4 is 0 Å². The minimum atomic E-state index is 0.169. The lowest BCUT2D eigenvalue weighted by molar-refractivity contribution is -0.0155. The number of methoxy groups -OCH3 is 1. The average Bonchev–Trinajstić information content (AvgIpc) is 3.31. The highest BCUT2D eigenvalue weighted by molar-refractivity contribution is 7.12. The number of fused-ring (bicyclic) bond motifs is 1. The van der Waals surface area contributed by atoms with Gasteiger partial charge in [0.15, 0.2) is 0 Å². The van der Waals surface area contributed by atoms with Crippen LogP contribution in [0.1, 0.15) is 21.7 Å². The van der Waals surface area contributed by atoms with Crippen LogP contribution in [-0.4, -0.2) is 59.6 Å². The van der Waals surface area contributed by atoms with Gasteiger partial charge in [0.05, 0.1) is 17.0 Å². The number of pyridine rings is 1. The summed E-state index contributed by atoms with van der Waals surface area (Å²) in [5.41, 5.74) is 1.21. The monoisotopic (exact) mass is 357 g/mol. The van der Waals surface area contributed by atoms with E-state index in [-0.39, 0.29) is 18.1 Å². The van der Waals surface area contributed by atoms with E-state index < -0.39 is 0 Å². The number of hydrogen-bond donors (Lipinski definition) is 0. The van der Waals surface area contributed by atoms with Gasteiger partial charge in [-0.1, -0.05) is 12.1 Å². The minimum Gasteiger partial charge on any atom is -0.381 e. The largest absolute Gasteiger partial charge is 0.381 e. The van der Waals surface area contributed by atoms with E-state index in [0.29, 0.717) is 5.92 Å². The maximum absolute atomic E-state index is 12.9. The molecular weight excluding hydrogens is 334 g/mol. The van der Waals surface area contributed by atoms with E-state index in [4.69, 9.17) is 4.74 Å². The predicted octanol–water partition coefficient (Wildman–Crippen LogP) is 2.50. The summed E-state index contributed by atoms with van der Waals surface area (Å²) in [5.74, 6) is 0.544. The summed E-state index contributed by atoms with van der Waals surface area (Å²) in [6, 6.07) is 8.18. The van der Waals surface area contributed by atoms with Gasteiger partial charge in [-0.15, -0.1) is 11.3 Å². The molecule has 0 unspecified atom stereocenters. The second-order valence-electron chi connectivity index (χ2n) is 6.83. The smallest absolute Gasteiger partial charge is 0.264 e. The Morgan fingerprint density at radius 3 is 3.00 bits per heavy atom. The van der Waals surface area contributed by atoms with Gasteiger partial charge in [-0.25, -0.2) is 0 Å². The van der Waals surface area contributed by atoms with Gasteiger partial charge >= 0.3 is 0 Å². The fourth-order valence-corrected chi connectivity index (χ4v) is 4.88. The van der Waals surface area contributed by atoms with Crippen molar-refractivity contribution in [3.8, 4) is 0 Å². The topological polar surface area (TPSA) is 45.7 Å². The fraction of sp³-hybridized carbons (Fsp3) is 0.474. The van der Waals surface area contributed by atoms with Crippen LogP contribution in [0.5, 0.6) is 0 Å². The van der Waals surface area contributed by atoms with Crippen LogP contribution in [0.4, 0.5) is 0 Å². The molecule has 25 heavy (non-hydrogen) atoms. The first-order valence-electron chi connectivity index (χ1n) is 8.75. The molecule has 0 N–H and O–H groups in total. The van der Waals surface area contributed by atoms with Crippen LogP contribution >= 0.6 is 11.3 Å². The van der Waals surface area contributed by atoms with Gasteiger partial charge in [0, 0.05) is 51.6 Å². The zero-order valence-corrected chi connectivity index (χ0v) is 15.2. The molecule has 2 aromatic heterocycles. The molecule has 2 saturated heterocycles. The summed E-state index contributed by atoms with van der Waals surface area (Å²) < 4.78 is 5.75. The number of carbonyl (C=O) groups is 1. The third-order valence-corrected chi connectivity index (χ3v) is 6.22. The number of nitrogens with zero attached hydrogens (tertiary/aromatic N) is 3. The molecule has 2 aliphatic rings. The molecular formula is C19H23N3O2S. The summed E-state index contributed by atoms with van der Waals surface area (Å²) in [7, 11) is 1.79. The first kappa shape index (κ1) is 16.7. The molecule has 0 saturated carbocycles. The molecule has 6 heteroatoms. The third-order valence-electron chi connectivity index (χ3n) is 5.37. The number of carbonyl (C=O) groups excluding carboxylic acids is 1. The molecule has 2 aliphatic heterocycles. The van der Waals surface area contributed by atoms with Crippen molar-refractivity contribution in [3.63, 3.8) is 0 Å². The van der Waals surface area contributed by atoms with E-state index in [1.807, 2.05) is 29.8 Å². The Morgan fingerprint density at radius 2 is 2.28 bits per heavy atom. The van der Waals surface area contributed by atoms with Gasteiger partial charge in [0.25, 0.3) is 5.91 Å². The van der Waals surface area contributed by atoms with Crippen LogP contribution in [0.25, 0.3) is 0 Å². The molecule has 0 radical (unpaired) electrons. The van der Waals surface area contributed by atoms with Gasteiger partial charge < -0.3 is 9.64 Å². The Morgan fingerprint density at radius 1 is 1.36 bits per heavy atom. The SMILES string of the molecule is CO[C@H]1CCN(C(=O)c2cccs2)[C@@H]2CN(Cc3cccnc3)C[C@H]12. The van der Waals surface area contributed by atoms with E-state index in [0.717, 1.165) is 37.5 Å². The van der Waals surface area contributed by atoms with Crippen molar-refractivity contribution in [2.75, 3.05) is 26.7 Å². The molecule has 4 rings (SSSR count). The number of ether oxygens (including phenoxy) is 1. The van der Waals surface area contributed by atoms with Crippen LogP contribution in [0.3, 0.4) is 0 Å². The Kier molecular flexibility index (Phi) is 4.83. The molecule has 4 heterocycles. The zero-order chi connectivity index (χ0) is 17.2. The number of likely N-dealkylation sites (tertiary alicyclic amines) is 2. The van der Waals surface area contributed by atoms with Gasteiger partial charge in [-0.05, 0) is 29.5 Å². The van der Waals surface area contributed by atoms with Crippen LogP contribution in [0, 0.1) is 5.92 Å². The van der Waals surface area contributed by atoms with E-state index in [1.165, 1.54) is 16.9 Å². The third kappa shape index (κ3) is 3.34. The lowest BCUT2D eigenvalue weighted by Gasteiger charge is -2.40. The first-order chi connectivity index (χ1) is 12.3. The Labute approximate surface area is 152 Å². The van der Waals surface area contributed by atoms with Crippen molar-refractivity contribution in [2.24, 2.45) is 5.92 Å². The first-order valence-corrected chi connectivity index (χ1v) is 9.62. The summed E-state index contributed by atoms with van der Waals surface area (Å²) in [6.45, 7) is 3.51. The highest BCUT2D eigenvalue weighted by atomic mass is 32.1. The minimum absolute atomic E-state index is 0.169. The quantitative estimate of drug-likeness (QED) is 0.843. The van der Waals surface area contributed by atoms with E-state index in [2.05, 4.69) is 20.9 Å². The zero-order valence-electron chi connectivity index (χ0n) is 14.4. The van der Waals surface area contributed by atoms with Crippen molar-refractivity contribution in [2.45, 2.75) is 25.1 Å². The van der Waals surface area contributed by atoms with Crippen molar-refractivity contribution in [3.05, 3.63) is 52.5 Å². The Hall–Kier alpha value is -1.76. The van der Waals surface area contributed by atoms with Crippen molar-refractivity contribution < 1.29 is 9.53 Å². The molecule has 132 valence electrons. The molecule has 3 atom stereocenters. The maximum Gasteiger partial charge on any atom is 0.264 e. The Balaban J connectivity index is 1.52. The summed E-state index contributed by atoms with van der Waals surface area (Å²) in [4.78, 5) is 22.5. The van der Waals surface area contributed by atoms with E-state index in [9.17, 15) is 4.79 Å². The lowest BCUT2D eigenvalue weighted by atomic mass is 9.89. The van der Waals surface area contributed by atoms with E-state index in [1.54, 1.807) is 13.3 Å². The number of aromatic nitrogens is 1. The van der Waals surface area contributed by atoms with Crippen LogP contribution in [0.2, 0.25) is 0 Å². The Bertz CT molecular complexity index is 707. The molecule has 1 amide bonds. The highest BCUT2D eigenvalue weighted by Crippen LogP contribution is 2.34. The molecule has 2 aromatic rings. The van der Waals surface area contributed by atoms with Gasteiger partial charge in [-0.3, -0.25) is 14.7 Å². The molecule has 2 fully saturated rings. The van der Waals surface area contributed by atoms with Crippen LogP contribution in [-0.2, 0) is 11.3 Å². The van der Waals surface area contributed by atoms with Crippen molar-refractivity contribution >= 4 is 17.2 Å². The number of thiophene rings is 1. The number of piperidine rings is 1. The predicted molar refractivity (Wildman–Crippen MR) is 97.6 cm³/mol. The highest BCUT2D eigenvalue weighted by Gasteiger charge is 2.46. The molecule has 0 aromatic carbocycles. The number of rotatable bonds is 4. The van der Waals surface area contributed by atoms with Crippen LogP contribution in [0.15, 0.2) is 42.0 Å². The fourth-order valence-electron chi connectivity index (χ4n) is 4.20. The maximum atomic E-state index is 12.9. The van der Waals surface area contributed by atoms with Gasteiger partial charge in [0.1, 0.15) is 0 Å². The summed E-state index contributed by atoms with van der Waals surface area (Å²) in [5, 5.41) is 1.97. The van der Waals surface area contributed by atoms with Crippen molar-refractivity contribution in [1.29, 1.82) is 0 Å².